The van der Waals surface area contributed by atoms with E-state index in [-0.39, 0.29) is 5.91 Å². The number of ether oxygens (including phenoxy) is 1. The van der Waals surface area contributed by atoms with Crippen LogP contribution in [0.15, 0.2) is 77.4 Å². The number of para-hydroxylation sites is 2. The Morgan fingerprint density at radius 2 is 1.70 bits per heavy atom. The summed E-state index contributed by atoms with van der Waals surface area (Å²) < 4.78 is 6.65. The molecule has 0 fully saturated rings. The van der Waals surface area contributed by atoms with Crippen LogP contribution in [0, 0.1) is 0 Å². The maximum Gasteiger partial charge on any atom is 0.260 e. The van der Waals surface area contributed by atoms with Crippen LogP contribution < -0.4 is 10.1 Å². The second-order valence-electron chi connectivity index (χ2n) is 4.73. The van der Waals surface area contributed by atoms with Crippen LogP contribution in [0.2, 0.25) is 0 Å². The van der Waals surface area contributed by atoms with Gasteiger partial charge in [0.05, 0.1) is 5.56 Å². The topological polar surface area (TPSA) is 51.2 Å². The number of anilines is 1. The monoisotopic (exact) mass is 368 g/mol. The SMILES string of the molecule is O=C(Nc1ccc(Br)cn1)c1ccccc1Oc1ccccc1. The smallest absolute Gasteiger partial charge is 0.260 e. The normalized spacial score (nSPS) is 10.1. The first kappa shape index (κ1) is 15.2. The van der Waals surface area contributed by atoms with E-state index in [9.17, 15) is 4.79 Å². The molecule has 1 N–H and O–H groups in total. The van der Waals surface area contributed by atoms with E-state index in [1.54, 1.807) is 30.5 Å². The van der Waals surface area contributed by atoms with Gasteiger partial charge in [-0.05, 0) is 52.3 Å². The van der Waals surface area contributed by atoms with Crippen LogP contribution in [0.1, 0.15) is 10.4 Å². The maximum atomic E-state index is 12.5. The van der Waals surface area contributed by atoms with Gasteiger partial charge in [-0.25, -0.2) is 4.98 Å². The van der Waals surface area contributed by atoms with Crippen LogP contribution >= 0.6 is 15.9 Å². The lowest BCUT2D eigenvalue weighted by Crippen LogP contribution is -2.13. The van der Waals surface area contributed by atoms with Gasteiger partial charge in [0.15, 0.2) is 0 Å². The highest BCUT2D eigenvalue weighted by Gasteiger charge is 2.13. The lowest BCUT2D eigenvalue weighted by atomic mass is 10.2. The first-order valence-electron chi connectivity index (χ1n) is 6.97. The summed E-state index contributed by atoms with van der Waals surface area (Å²) in [6.07, 6.45) is 1.63. The molecule has 5 heteroatoms. The third kappa shape index (κ3) is 3.96. The first-order valence-corrected chi connectivity index (χ1v) is 7.76. The quantitative estimate of drug-likeness (QED) is 0.713. The zero-order valence-electron chi connectivity index (χ0n) is 12.1. The van der Waals surface area contributed by atoms with E-state index in [1.165, 1.54) is 0 Å². The van der Waals surface area contributed by atoms with Gasteiger partial charge in [-0.2, -0.15) is 0 Å². The minimum atomic E-state index is -0.272. The summed E-state index contributed by atoms with van der Waals surface area (Å²) in [5.74, 6) is 1.38. The van der Waals surface area contributed by atoms with Crippen LogP contribution in [0.5, 0.6) is 11.5 Å². The second-order valence-corrected chi connectivity index (χ2v) is 5.64. The molecule has 0 spiro atoms. The molecule has 0 aliphatic carbocycles. The van der Waals surface area contributed by atoms with Gasteiger partial charge in [0.2, 0.25) is 0 Å². The van der Waals surface area contributed by atoms with Gasteiger partial charge in [-0.15, -0.1) is 0 Å². The number of nitrogens with one attached hydrogen (secondary N) is 1. The Bertz CT molecular complexity index is 805. The third-order valence-corrected chi connectivity index (χ3v) is 3.54. The molecule has 0 bridgehead atoms. The average Bonchev–Trinajstić information content (AvgIpc) is 2.58. The molecule has 23 heavy (non-hydrogen) atoms. The third-order valence-electron chi connectivity index (χ3n) is 3.07. The maximum absolute atomic E-state index is 12.5. The van der Waals surface area contributed by atoms with Crippen molar-refractivity contribution < 1.29 is 9.53 Å². The number of halogens is 1. The van der Waals surface area contributed by atoms with E-state index in [2.05, 4.69) is 26.2 Å². The summed E-state index contributed by atoms with van der Waals surface area (Å²) in [5.41, 5.74) is 0.445. The van der Waals surface area contributed by atoms with E-state index in [4.69, 9.17) is 4.74 Å². The Hall–Kier alpha value is -2.66. The van der Waals surface area contributed by atoms with Crippen molar-refractivity contribution in [2.45, 2.75) is 0 Å². The molecule has 4 nitrogen and oxygen atoms in total. The van der Waals surface area contributed by atoms with E-state index < -0.39 is 0 Å². The summed E-state index contributed by atoms with van der Waals surface area (Å²) in [7, 11) is 0. The first-order chi connectivity index (χ1) is 11.2. The van der Waals surface area contributed by atoms with Gasteiger partial charge in [0.1, 0.15) is 17.3 Å². The molecule has 1 aromatic heterocycles. The summed E-state index contributed by atoms with van der Waals surface area (Å²) in [5, 5.41) is 2.76. The molecule has 0 atom stereocenters. The Kier molecular flexibility index (Phi) is 4.68. The number of carbonyl (C=O) groups excluding carboxylic acids is 1. The van der Waals surface area contributed by atoms with Crippen LogP contribution in [0.4, 0.5) is 5.82 Å². The highest BCUT2D eigenvalue weighted by Crippen LogP contribution is 2.25. The fraction of sp³-hybridized carbons (Fsp3) is 0. The Labute approximate surface area is 142 Å². The van der Waals surface area contributed by atoms with Crippen LogP contribution in [-0.2, 0) is 0 Å². The zero-order chi connectivity index (χ0) is 16.1. The van der Waals surface area contributed by atoms with Crippen molar-refractivity contribution in [2.75, 3.05) is 5.32 Å². The predicted molar refractivity (Wildman–Crippen MR) is 92.8 cm³/mol. The average molecular weight is 369 g/mol. The molecule has 3 aromatic rings. The molecule has 1 amide bonds. The number of benzene rings is 2. The van der Waals surface area contributed by atoms with Crippen LogP contribution in [0.3, 0.4) is 0 Å². The molecule has 0 radical (unpaired) electrons. The lowest BCUT2D eigenvalue weighted by Gasteiger charge is -2.11. The highest BCUT2D eigenvalue weighted by atomic mass is 79.9. The number of nitrogens with zero attached hydrogens (tertiary/aromatic N) is 1. The van der Waals surface area contributed by atoms with Gasteiger partial charge >= 0.3 is 0 Å². The standard InChI is InChI=1S/C18H13BrN2O2/c19-13-10-11-17(20-12-13)21-18(22)15-8-4-5-9-16(15)23-14-6-2-1-3-7-14/h1-12H,(H,20,21,22). The van der Waals surface area contributed by atoms with Gasteiger partial charge in [0.25, 0.3) is 5.91 Å². The summed E-state index contributed by atoms with van der Waals surface area (Å²) in [6, 6.07) is 20.0. The van der Waals surface area contributed by atoms with Gasteiger partial charge in [-0.3, -0.25) is 4.79 Å². The summed E-state index contributed by atoms with van der Waals surface area (Å²) >= 11 is 3.31. The Morgan fingerprint density at radius 1 is 0.957 bits per heavy atom. The number of amides is 1. The number of pyridine rings is 1. The second kappa shape index (κ2) is 7.07. The van der Waals surface area contributed by atoms with E-state index in [0.717, 1.165) is 4.47 Å². The molecule has 0 aliphatic rings. The molecular weight excluding hydrogens is 356 g/mol. The van der Waals surface area contributed by atoms with Crippen molar-refractivity contribution in [3.05, 3.63) is 83.0 Å². The molecule has 0 saturated heterocycles. The van der Waals surface area contributed by atoms with Crippen molar-refractivity contribution in [3.63, 3.8) is 0 Å². The van der Waals surface area contributed by atoms with Gasteiger partial charge in [0, 0.05) is 10.7 Å². The molecule has 3 rings (SSSR count). The van der Waals surface area contributed by atoms with Gasteiger partial charge < -0.3 is 10.1 Å². The van der Waals surface area contributed by atoms with Crippen LogP contribution in [-0.4, -0.2) is 10.9 Å². The molecule has 0 aliphatic heterocycles. The largest absolute Gasteiger partial charge is 0.457 e. The fourth-order valence-corrected chi connectivity index (χ4v) is 2.23. The van der Waals surface area contributed by atoms with E-state index in [1.807, 2.05) is 42.5 Å². The molecular formula is C18H13BrN2O2. The number of carbonyl (C=O) groups is 1. The minimum absolute atomic E-state index is 0.272. The van der Waals surface area contributed by atoms with Crippen LogP contribution in [0.25, 0.3) is 0 Å². The zero-order valence-corrected chi connectivity index (χ0v) is 13.7. The lowest BCUT2D eigenvalue weighted by molar-refractivity contribution is 0.102. The van der Waals surface area contributed by atoms with Gasteiger partial charge in [-0.1, -0.05) is 30.3 Å². The van der Waals surface area contributed by atoms with Crippen molar-refractivity contribution in [1.29, 1.82) is 0 Å². The Morgan fingerprint density at radius 3 is 2.43 bits per heavy atom. The van der Waals surface area contributed by atoms with Crippen molar-refractivity contribution >= 4 is 27.7 Å². The fourth-order valence-electron chi connectivity index (χ4n) is 1.99. The van der Waals surface area contributed by atoms with Crippen molar-refractivity contribution in [2.24, 2.45) is 0 Å². The van der Waals surface area contributed by atoms with Crippen molar-refractivity contribution in [1.82, 2.24) is 4.98 Å². The highest BCUT2D eigenvalue weighted by molar-refractivity contribution is 9.10. The minimum Gasteiger partial charge on any atom is -0.457 e. The molecule has 2 aromatic carbocycles. The summed E-state index contributed by atoms with van der Waals surface area (Å²) in [6.45, 7) is 0. The van der Waals surface area contributed by atoms with E-state index >= 15 is 0 Å². The van der Waals surface area contributed by atoms with E-state index in [0.29, 0.717) is 22.9 Å². The molecule has 0 unspecified atom stereocenters. The summed E-state index contributed by atoms with van der Waals surface area (Å²) in [4.78, 5) is 16.6. The number of rotatable bonds is 4. The number of aromatic nitrogens is 1. The van der Waals surface area contributed by atoms with Crippen molar-refractivity contribution in [3.8, 4) is 11.5 Å². The number of hydrogen-bond acceptors (Lipinski definition) is 3. The molecule has 0 saturated carbocycles. The molecule has 1 heterocycles. The number of hydrogen-bond donors (Lipinski definition) is 1. The Balaban J connectivity index is 1.82. The molecule has 114 valence electrons. The predicted octanol–water partition coefficient (Wildman–Crippen LogP) is 4.89.